The van der Waals surface area contributed by atoms with Gasteiger partial charge in [-0.15, -0.1) is 0 Å². The molecular weight excluding hydrogens is 223 g/mol. The third-order valence-electron chi connectivity index (χ3n) is 4.63. The van der Waals surface area contributed by atoms with Crippen LogP contribution in [-0.2, 0) is 0 Å². The highest BCUT2D eigenvalue weighted by atomic mass is 19.1. The minimum atomic E-state index is -0.526. The van der Waals surface area contributed by atoms with Gasteiger partial charge < -0.3 is 0 Å². The van der Waals surface area contributed by atoms with E-state index in [1.54, 1.807) is 0 Å². The van der Waals surface area contributed by atoms with Crippen molar-refractivity contribution in [1.29, 1.82) is 0 Å². The van der Waals surface area contributed by atoms with E-state index in [0.717, 1.165) is 31.6 Å². The Morgan fingerprint density at radius 1 is 1.00 bits per heavy atom. The zero-order valence-corrected chi connectivity index (χ0v) is 12.0. The molecule has 0 saturated heterocycles. The zero-order chi connectivity index (χ0) is 13.2. The lowest BCUT2D eigenvalue weighted by molar-refractivity contribution is 0.161. The summed E-state index contributed by atoms with van der Waals surface area (Å²) in [5.74, 6) is 2.02. The summed E-state index contributed by atoms with van der Waals surface area (Å²) in [6.07, 6.45) is 13.6. The van der Waals surface area contributed by atoms with E-state index < -0.39 is 6.17 Å². The molecule has 2 unspecified atom stereocenters. The molecule has 0 aliphatic heterocycles. The third-order valence-corrected chi connectivity index (χ3v) is 4.63. The van der Waals surface area contributed by atoms with Crippen LogP contribution >= 0.6 is 0 Å². The fourth-order valence-corrected chi connectivity index (χ4v) is 3.55. The van der Waals surface area contributed by atoms with Gasteiger partial charge in [-0.2, -0.15) is 0 Å². The lowest BCUT2D eigenvalue weighted by atomic mass is 9.67. The molecule has 0 nitrogen and oxygen atoms in total. The first-order chi connectivity index (χ1) is 8.47. The van der Waals surface area contributed by atoms with Gasteiger partial charge in [-0.25, -0.2) is 4.39 Å². The third kappa shape index (κ3) is 3.46. The summed E-state index contributed by atoms with van der Waals surface area (Å²) >= 11 is 0. The minimum absolute atomic E-state index is 0.323. The first kappa shape index (κ1) is 13.8. The Balaban J connectivity index is 1.95. The normalized spacial score (nSPS) is 36.9. The van der Waals surface area contributed by atoms with Gasteiger partial charge in [0.25, 0.3) is 0 Å². The summed E-state index contributed by atoms with van der Waals surface area (Å²) < 4.78 is 13.2. The fourth-order valence-electron chi connectivity index (χ4n) is 3.55. The van der Waals surface area contributed by atoms with Gasteiger partial charge in [0, 0.05) is 0 Å². The number of halogens is 1. The maximum Gasteiger partial charge on any atom is 0.100 e. The SMILES string of the molecule is CC(C)(C)C1C=CC=CC1CC1CCC(F)CC1. The number of hydrogen-bond donors (Lipinski definition) is 0. The average molecular weight is 250 g/mol. The van der Waals surface area contributed by atoms with E-state index in [9.17, 15) is 4.39 Å². The first-order valence-corrected chi connectivity index (χ1v) is 7.46. The van der Waals surface area contributed by atoms with Crippen molar-refractivity contribution in [2.75, 3.05) is 0 Å². The lowest BCUT2D eigenvalue weighted by Gasteiger charge is -2.37. The Kier molecular flexibility index (Phi) is 4.29. The molecule has 18 heavy (non-hydrogen) atoms. The van der Waals surface area contributed by atoms with Crippen molar-refractivity contribution in [1.82, 2.24) is 0 Å². The van der Waals surface area contributed by atoms with E-state index >= 15 is 0 Å². The second-order valence-corrected chi connectivity index (χ2v) is 7.18. The predicted octanol–water partition coefficient (Wildman–Crippen LogP) is 5.31. The molecule has 102 valence electrons. The van der Waals surface area contributed by atoms with Crippen molar-refractivity contribution in [2.45, 2.75) is 59.0 Å². The van der Waals surface area contributed by atoms with Crippen LogP contribution in [0.15, 0.2) is 24.3 Å². The highest BCUT2D eigenvalue weighted by Crippen LogP contribution is 2.41. The van der Waals surface area contributed by atoms with E-state index in [1.807, 2.05) is 0 Å². The van der Waals surface area contributed by atoms with Gasteiger partial charge in [0.1, 0.15) is 6.17 Å². The highest BCUT2D eigenvalue weighted by molar-refractivity contribution is 5.16. The number of rotatable bonds is 2. The summed E-state index contributed by atoms with van der Waals surface area (Å²) in [7, 11) is 0. The van der Waals surface area contributed by atoms with Gasteiger partial charge in [-0.3, -0.25) is 0 Å². The summed E-state index contributed by atoms with van der Waals surface area (Å²) in [5, 5.41) is 0. The molecular formula is C17H27F. The van der Waals surface area contributed by atoms with Crippen molar-refractivity contribution >= 4 is 0 Å². The highest BCUT2D eigenvalue weighted by Gasteiger charge is 2.32. The smallest absolute Gasteiger partial charge is 0.100 e. The molecule has 2 atom stereocenters. The zero-order valence-electron chi connectivity index (χ0n) is 12.0. The van der Waals surface area contributed by atoms with E-state index in [2.05, 4.69) is 45.1 Å². The number of alkyl halides is 1. The van der Waals surface area contributed by atoms with E-state index in [1.165, 1.54) is 6.42 Å². The molecule has 0 heterocycles. The molecule has 0 spiro atoms. The van der Waals surface area contributed by atoms with Crippen molar-refractivity contribution in [2.24, 2.45) is 23.2 Å². The van der Waals surface area contributed by atoms with Crippen molar-refractivity contribution in [3.8, 4) is 0 Å². The van der Waals surface area contributed by atoms with Crippen LogP contribution in [0, 0.1) is 23.2 Å². The molecule has 0 amide bonds. The topological polar surface area (TPSA) is 0 Å². The molecule has 2 rings (SSSR count). The quantitative estimate of drug-likeness (QED) is 0.623. The minimum Gasteiger partial charge on any atom is -0.247 e. The van der Waals surface area contributed by atoms with Crippen LogP contribution in [0.5, 0.6) is 0 Å². The van der Waals surface area contributed by atoms with Crippen molar-refractivity contribution in [3.05, 3.63) is 24.3 Å². The molecule has 1 fully saturated rings. The Bertz CT molecular complexity index is 313. The van der Waals surface area contributed by atoms with Crippen molar-refractivity contribution < 1.29 is 4.39 Å². The summed E-state index contributed by atoms with van der Waals surface area (Å²) in [4.78, 5) is 0. The lowest BCUT2D eigenvalue weighted by Crippen LogP contribution is -2.29. The fraction of sp³-hybridized carbons (Fsp3) is 0.765. The second-order valence-electron chi connectivity index (χ2n) is 7.18. The molecule has 1 heteroatoms. The van der Waals surface area contributed by atoms with Crippen LogP contribution in [0.25, 0.3) is 0 Å². The largest absolute Gasteiger partial charge is 0.247 e. The van der Waals surface area contributed by atoms with Crippen LogP contribution in [-0.4, -0.2) is 6.17 Å². The summed E-state index contributed by atoms with van der Waals surface area (Å²) in [5.41, 5.74) is 0.323. The van der Waals surface area contributed by atoms with Crippen molar-refractivity contribution in [3.63, 3.8) is 0 Å². The molecule has 2 aliphatic carbocycles. The number of allylic oxidation sites excluding steroid dienone is 4. The van der Waals surface area contributed by atoms with Gasteiger partial charge in [-0.05, 0) is 55.3 Å². The van der Waals surface area contributed by atoms with E-state index in [4.69, 9.17) is 0 Å². The second kappa shape index (κ2) is 5.59. The number of hydrogen-bond acceptors (Lipinski definition) is 0. The van der Waals surface area contributed by atoms with Gasteiger partial charge in [0.2, 0.25) is 0 Å². The van der Waals surface area contributed by atoms with Gasteiger partial charge in [0.05, 0.1) is 0 Å². The molecule has 0 aromatic rings. The molecule has 0 N–H and O–H groups in total. The average Bonchev–Trinajstić information content (AvgIpc) is 2.31. The Morgan fingerprint density at radius 3 is 2.22 bits per heavy atom. The van der Waals surface area contributed by atoms with E-state index in [0.29, 0.717) is 17.3 Å². The first-order valence-electron chi connectivity index (χ1n) is 7.46. The molecule has 0 aromatic heterocycles. The van der Waals surface area contributed by atoms with Gasteiger partial charge in [0.15, 0.2) is 0 Å². The monoisotopic (exact) mass is 250 g/mol. The Hall–Kier alpha value is -0.590. The summed E-state index contributed by atoms with van der Waals surface area (Å²) in [6, 6.07) is 0. The van der Waals surface area contributed by atoms with Gasteiger partial charge >= 0.3 is 0 Å². The Morgan fingerprint density at radius 2 is 1.61 bits per heavy atom. The maximum absolute atomic E-state index is 13.2. The maximum atomic E-state index is 13.2. The molecule has 0 radical (unpaired) electrons. The predicted molar refractivity (Wildman–Crippen MR) is 76.2 cm³/mol. The van der Waals surface area contributed by atoms with Crippen LogP contribution in [0.4, 0.5) is 4.39 Å². The molecule has 0 bridgehead atoms. The Labute approximate surface area is 111 Å². The van der Waals surface area contributed by atoms with Crippen LogP contribution in [0.2, 0.25) is 0 Å². The summed E-state index contributed by atoms with van der Waals surface area (Å²) in [6.45, 7) is 6.98. The van der Waals surface area contributed by atoms with Crippen LogP contribution in [0.3, 0.4) is 0 Å². The molecule has 2 aliphatic rings. The molecule has 1 saturated carbocycles. The van der Waals surface area contributed by atoms with Crippen LogP contribution in [0.1, 0.15) is 52.9 Å². The van der Waals surface area contributed by atoms with E-state index in [-0.39, 0.29) is 0 Å². The van der Waals surface area contributed by atoms with Crippen LogP contribution < -0.4 is 0 Å². The standard InChI is InChI=1S/C17H27F/c1-17(2,3)16-7-5-4-6-14(16)12-13-8-10-15(18)11-9-13/h4-7,13-16H,8-12H2,1-3H3. The molecule has 0 aromatic carbocycles. The van der Waals surface area contributed by atoms with Gasteiger partial charge in [-0.1, -0.05) is 45.1 Å².